The van der Waals surface area contributed by atoms with Gasteiger partial charge in [0.2, 0.25) is 5.91 Å². The van der Waals surface area contributed by atoms with Gasteiger partial charge in [0.1, 0.15) is 0 Å². The van der Waals surface area contributed by atoms with Gasteiger partial charge in [-0.25, -0.2) is 0 Å². The number of hydrogen-bond acceptors (Lipinski definition) is 3. The van der Waals surface area contributed by atoms with E-state index in [-0.39, 0.29) is 17.6 Å². The van der Waals surface area contributed by atoms with E-state index in [1.165, 1.54) is 0 Å². The Kier molecular flexibility index (Phi) is 5.62. The van der Waals surface area contributed by atoms with Crippen molar-refractivity contribution in [3.05, 3.63) is 83.6 Å². The SMILES string of the molecule is O=C1C=C(NNC(=O)CCc2ccccc2)C[C@H](c2ccccc2)C1. The Bertz CT molecular complexity index is 754. The van der Waals surface area contributed by atoms with Crippen LogP contribution >= 0.6 is 0 Å². The van der Waals surface area contributed by atoms with Crippen molar-refractivity contribution in [3.8, 4) is 0 Å². The van der Waals surface area contributed by atoms with Gasteiger partial charge in [-0.1, -0.05) is 60.7 Å². The van der Waals surface area contributed by atoms with E-state index in [0.29, 0.717) is 25.7 Å². The number of aryl methyl sites for hydroxylation is 1. The van der Waals surface area contributed by atoms with Crippen LogP contribution in [0.3, 0.4) is 0 Å². The summed E-state index contributed by atoms with van der Waals surface area (Å²) in [6.07, 6.45) is 3.92. The molecule has 0 aliphatic heterocycles. The minimum absolute atomic E-state index is 0.0842. The molecule has 2 aromatic carbocycles. The largest absolute Gasteiger partial charge is 0.303 e. The third-order valence-electron chi connectivity index (χ3n) is 4.37. The number of hydrazine groups is 1. The van der Waals surface area contributed by atoms with Gasteiger partial charge in [-0.3, -0.25) is 15.0 Å². The van der Waals surface area contributed by atoms with Crippen LogP contribution in [-0.4, -0.2) is 11.7 Å². The van der Waals surface area contributed by atoms with Crippen molar-refractivity contribution in [3.63, 3.8) is 0 Å². The van der Waals surface area contributed by atoms with Crippen LogP contribution in [-0.2, 0) is 16.0 Å². The number of ketones is 1. The van der Waals surface area contributed by atoms with Crippen LogP contribution in [0, 0.1) is 0 Å². The first-order valence-corrected chi connectivity index (χ1v) is 8.58. The number of benzene rings is 2. The number of carbonyl (C=O) groups is 2. The van der Waals surface area contributed by atoms with Crippen molar-refractivity contribution in [1.82, 2.24) is 10.9 Å². The van der Waals surface area contributed by atoms with E-state index < -0.39 is 0 Å². The molecule has 0 saturated carbocycles. The third kappa shape index (κ3) is 5.05. The van der Waals surface area contributed by atoms with Gasteiger partial charge in [-0.05, 0) is 29.9 Å². The fraction of sp³-hybridized carbons (Fsp3) is 0.238. The second-order valence-electron chi connectivity index (χ2n) is 6.31. The molecular weight excluding hydrogens is 312 g/mol. The van der Waals surface area contributed by atoms with Gasteiger partial charge in [0.05, 0.1) is 0 Å². The molecule has 1 amide bonds. The second-order valence-corrected chi connectivity index (χ2v) is 6.31. The van der Waals surface area contributed by atoms with Gasteiger partial charge in [0.15, 0.2) is 5.78 Å². The maximum Gasteiger partial charge on any atom is 0.238 e. The fourth-order valence-electron chi connectivity index (χ4n) is 3.06. The quantitative estimate of drug-likeness (QED) is 0.797. The molecule has 1 atom stereocenters. The molecule has 0 fully saturated rings. The molecule has 0 bridgehead atoms. The predicted molar refractivity (Wildman–Crippen MR) is 97.5 cm³/mol. The van der Waals surface area contributed by atoms with E-state index in [4.69, 9.17) is 0 Å². The zero-order valence-corrected chi connectivity index (χ0v) is 14.1. The van der Waals surface area contributed by atoms with Crippen LogP contribution in [0.15, 0.2) is 72.4 Å². The lowest BCUT2D eigenvalue weighted by Crippen LogP contribution is -2.38. The van der Waals surface area contributed by atoms with Crippen LogP contribution in [0.4, 0.5) is 0 Å². The second kappa shape index (κ2) is 8.29. The first-order valence-electron chi connectivity index (χ1n) is 8.58. The summed E-state index contributed by atoms with van der Waals surface area (Å²) >= 11 is 0. The summed E-state index contributed by atoms with van der Waals surface area (Å²) in [6.45, 7) is 0. The summed E-state index contributed by atoms with van der Waals surface area (Å²) in [5.74, 6) is 0.155. The number of carbonyl (C=O) groups excluding carboxylic acids is 2. The third-order valence-corrected chi connectivity index (χ3v) is 4.37. The van der Waals surface area contributed by atoms with Crippen LogP contribution in [0.2, 0.25) is 0 Å². The minimum Gasteiger partial charge on any atom is -0.303 e. The minimum atomic E-state index is -0.0842. The van der Waals surface area contributed by atoms with Crippen LogP contribution in [0.5, 0.6) is 0 Å². The van der Waals surface area contributed by atoms with Crippen LogP contribution in [0.25, 0.3) is 0 Å². The van der Waals surface area contributed by atoms with Gasteiger partial charge in [0, 0.05) is 24.6 Å². The smallest absolute Gasteiger partial charge is 0.238 e. The lowest BCUT2D eigenvalue weighted by atomic mass is 9.86. The Morgan fingerprint density at radius 3 is 2.36 bits per heavy atom. The van der Waals surface area contributed by atoms with Gasteiger partial charge in [0.25, 0.3) is 0 Å². The molecule has 2 N–H and O–H groups in total. The molecule has 0 spiro atoms. The number of allylic oxidation sites excluding steroid dienone is 2. The highest BCUT2D eigenvalue weighted by atomic mass is 16.2. The molecule has 25 heavy (non-hydrogen) atoms. The Hall–Kier alpha value is -2.88. The highest BCUT2D eigenvalue weighted by Crippen LogP contribution is 2.29. The van der Waals surface area contributed by atoms with Gasteiger partial charge in [-0.15, -0.1) is 0 Å². The molecule has 0 heterocycles. The normalized spacial score (nSPS) is 16.9. The zero-order chi connectivity index (χ0) is 17.5. The van der Waals surface area contributed by atoms with Crippen molar-refractivity contribution in [1.29, 1.82) is 0 Å². The molecule has 4 nitrogen and oxygen atoms in total. The monoisotopic (exact) mass is 334 g/mol. The Morgan fingerprint density at radius 1 is 0.960 bits per heavy atom. The topological polar surface area (TPSA) is 58.2 Å². The zero-order valence-electron chi connectivity index (χ0n) is 14.1. The molecular formula is C21H22N2O2. The summed E-state index contributed by atoms with van der Waals surface area (Å²) in [5.41, 5.74) is 8.68. The Labute approximate surface area is 147 Å². The van der Waals surface area contributed by atoms with Crippen molar-refractivity contribution in [2.24, 2.45) is 0 Å². The first kappa shape index (κ1) is 17.0. The van der Waals surface area contributed by atoms with Crippen molar-refractivity contribution >= 4 is 11.7 Å². The summed E-state index contributed by atoms with van der Waals surface area (Å²) in [7, 11) is 0. The number of hydrogen-bond donors (Lipinski definition) is 2. The molecule has 3 rings (SSSR count). The summed E-state index contributed by atoms with van der Waals surface area (Å²) < 4.78 is 0. The van der Waals surface area contributed by atoms with Crippen molar-refractivity contribution in [2.75, 3.05) is 0 Å². The Balaban J connectivity index is 1.50. The molecule has 1 aliphatic carbocycles. The molecule has 1 aliphatic rings. The van der Waals surface area contributed by atoms with Gasteiger partial charge < -0.3 is 5.43 Å². The summed E-state index contributed by atoms with van der Waals surface area (Å²) in [4.78, 5) is 24.0. The summed E-state index contributed by atoms with van der Waals surface area (Å²) in [5, 5.41) is 0. The lowest BCUT2D eigenvalue weighted by Gasteiger charge is -2.23. The number of nitrogens with one attached hydrogen (secondary N) is 2. The standard InChI is InChI=1S/C21H22N2O2/c24-20-14-18(17-9-5-2-6-10-17)13-19(15-20)22-23-21(25)12-11-16-7-3-1-4-8-16/h1-10,15,18,22H,11-14H2,(H,23,25)/t18-/m0/s1. The summed E-state index contributed by atoms with van der Waals surface area (Å²) in [6, 6.07) is 19.9. The van der Waals surface area contributed by atoms with Crippen molar-refractivity contribution in [2.45, 2.75) is 31.6 Å². The first-order chi connectivity index (χ1) is 12.2. The Morgan fingerprint density at radius 2 is 1.64 bits per heavy atom. The molecule has 2 aromatic rings. The van der Waals surface area contributed by atoms with Gasteiger partial charge in [-0.2, -0.15) is 0 Å². The molecule has 0 unspecified atom stereocenters. The van der Waals surface area contributed by atoms with E-state index in [1.807, 2.05) is 60.7 Å². The molecule has 0 radical (unpaired) electrons. The predicted octanol–water partition coefficient (Wildman–Crippen LogP) is 3.27. The van der Waals surface area contributed by atoms with Gasteiger partial charge >= 0.3 is 0 Å². The fourth-order valence-corrected chi connectivity index (χ4v) is 3.06. The van der Waals surface area contributed by atoms with Crippen LogP contribution in [0.1, 0.15) is 36.3 Å². The van der Waals surface area contributed by atoms with Crippen molar-refractivity contribution < 1.29 is 9.59 Å². The molecule has 0 aromatic heterocycles. The van der Waals surface area contributed by atoms with E-state index in [9.17, 15) is 9.59 Å². The highest BCUT2D eigenvalue weighted by molar-refractivity contribution is 5.92. The van der Waals surface area contributed by atoms with E-state index in [2.05, 4.69) is 10.9 Å². The van der Waals surface area contributed by atoms with E-state index >= 15 is 0 Å². The molecule has 4 heteroatoms. The average Bonchev–Trinajstić information content (AvgIpc) is 2.66. The maximum absolute atomic E-state index is 12.0. The maximum atomic E-state index is 12.0. The van der Waals surface area contributed by atoms with E-state index in [0.717, 1.165) is 16.8 Å². The lowest BCUT2D eigenvalue weighted by molar-refractivity contribution is -0.122. The molecule has 0 saturated heterocycles. The molecule has 128 valence electrons. The number of amides is 1. The average molecular weight is 334 g/mol. The highest BCUT2D eigenvalue weighted by Gasteiger charge is 2.22. The van der Waals surface area contributed by atoms with E-state index in [1.54, 1.807) is 6.08 Å². The number of rotatable bonds is 6. The van der Waals surface area contributed by atoms with Crippen LogP contribution < -0.4 is 10.9 Å².